The number of carbonyl (C=O) groups is 3. The lowest BCUT2D eigenvalue weighted by atomic mass is 10.1. The normalized spacial score (nSPS) is 10.9. The van der Waals surface area contributed by atoms with Crippen LogP contribution >= 0.6 is 11.6 Å². The van der Waals surface area contributed by atoms with Gasteiger partial charge in [-0.1, -0.05) is 11.6 Å². The molecule has 1 aromatic heterocycles. The van der Waals surface area contributed by atoms with Crippen molar-refractivity contribution in [1.29, 1.82) is 0 Å². The van der Waals surface area contributed by atoms with Crippen LogP contribution in [-0.4, -0.2) is 35.0 Å². The number of esters is 1. The fourth-order valence-corrected chi connectivity index (χ4v) is 2.13. The van der Waals surface area contributed by atoms with Gasteiger partial charge in [-0.2, -0.15) is 0 Å². The fraction of sp³-hybridized carbons (Fsp3) is 0.467. The molecule has 0 saturated carbocycles. The highest BCUT2D eigenvalue weighted by molar-refractivity contribution is 6.32. The number of pyridine rings is 1. The number of imide groups is 1. The van der Waals surface area contributed by atoms with Crippen LogP contribution in [0.15, 0.2) is 6.07 Å². The number of nitrogens with zero attached hydrogens (tertiary/aromatic N) is 1. The van der Waals surface area contributed by atoms with E-state index in [0.29, 0.717) is 11.3 Å². The maximum atomic E-state index is 12.0. The highest BCUT2D eigenvalue weighted by Crippen LogP contribution is 2.19. The van der Waals surface area contributed by atoms with Gasteiger partial charge < -0.3 is 10.1 Å². The lowest BCUT2D eigenvalue weighted by Crippen LogP contribution is -2.49. The first-order valence-corrected chi connectivity index (χ1v) is 7.30. The van der Waals surface area contributed by atoms with Gasteiger partial charge in [0.15, 0.2) is 6.61 Å². The number of nitrogens with one attached hydrogen (secondary N) is 2. The summed E-state index contributed by atoms with van der Waals surface area (Å²) in [6.45, 7) is 8.15. The molecule has 0 bridgehead atoms. The minimum absolute atomic E-state index is 0.0124. The molecular weight excluding hydrogens is 322 g/mol. The molecule has 0 radical (unpaired) electrons. The molecule has 0 aliphatic heterocycles. The van der Waals surface area contributed by atoms with Crippen LogP contribution in [0.3, 0.4) is 0 Å². The van der Waals surface area contributed by atoms with Crippen molar-refractivity contribution in [2.75, 3.05) is 6.61 Å². The number of aryl methyl sites for hydroxylation is 2. The number of ether oxygens (including phenoxy) is 1. The van der Waals surface area contributed by atoms with Gasteiger partial charge in [0.25, 0.3) is 5.91 Å². The smallest absolute Gasteiger partial charge is 0.342 e. The second-order valence-electron chi connectivity index (χ2n) is 6.07. The molecule has 2 N–H and O–H groups in total. The molecule has 0 aliphatic carbocycles. The molecule has 0 unspecified atom stereocenters. The number of hydrogen-bond acceptors (Lipinski definition) is 5. The average molecular weight is 342 g/mol. The summed E-state index contributed by atoms with van der Waals surface area (Å²) in [7, 11) is 0. The summed E-state index contributed by atoms with van der Waals surface area (Å²) < 4.78 is 4.87. The Bertz CT molecular complexity index is 615. The molecule has 0 atom stereocenters. The lowest BCUT2D eigenvalue weighted by molar-refractivity contribution is -0.123. The summed E-state index contributed by atoms with van der Waals surface area (Å²) in [4.78, 5) is 39.1. The van der Waals surface area contributed by atoms with Crippen LogP contribution < -0.4 is 10.6 Å². The Morgan fingerprint density at radius 3 is 2.39 bits per heavy atom. The molecule has 7 nitrogen and oxygen atoms in total. The predicted molar refractivity (Wildman–Crippen MR) is 85.4 cm³/mol. The van der Waals surface area contributed by atoms with E-state index in [2.05, 4.69) is 15.6 Å². The van der Waals surface area contributed by atoms with Crippen molar-refractivity contribution in [2.24, 2.45) is 0 Å². The molecule has 1 rings (SSSR count). The Kier molecular flexibility index (Phi) is 6.09. The van der Waals surface area contributed by atoms with E-state index in [0.717, 1.165) is 0 Å². The molecule has 0 saturated heterocycles. The highest BCUT2D eigenvalue weighted by atomic mass is 35.5. The standard InChI is InChI=1S/C15H20ClN3O4/c1-8-6-9(2)17-12(16)11(8)13(21)23-7-10(20)18-14(22)19-15(3,4)5/h6H,7H2,1-5H3,(H2,18,19,20,22). The first-order valence-electron chi connectivity index (χ1n) is 6.92. The molecule has 0 spiro atoms. The molecule has 23 heavy (non-hydrogen) atoms. The van der Waals surface area contributed by atoms with Gasteiger partial charge in [-0.25, -0.2) is 14.6 Å². The van der Waals surface area contributed by atoms with Crippen molar-refractivity contribution < 1.29 is 19.1 Å². The predicted octanol–water partition coefficient (Wildman–Crippen LogP) is 2.13. The van der Waals surface area contributed by atoms with Gasteiger partial charge >= 0.3 is 12.0 Å². The topological polar surface area (TPSA) is 97.4 Å². The van der Waals surface area contributed by atoms with Crippen molar-refractivity contribution in [3.05, 3.63) is 28.0 Å². The van der Waals surface area contributed by atoms with Gasteiger partial charge in [-0.3, -0.25) is 10.1 Å². The Hall–Kier alpha value is -2.15. The van der Waals surface area contributed by atoms with Crippen molar-refractivity contribution in [2.45, 2.75) is 40.2 Å². The Balaban J connectivity index is 2.60. The molecule has 1 heterocycles. The molecule has 1 aromatic rings. The minimum atomic E-state index is -0.772. The third-order valence-corrected chi connectivity index (χ3v) is 2.85. The quantitative estimate of drug-likeness (QED) is 0.648. The molecule has 0 fully saturated rings. The number of rotatable bonds is 3. The van der Waals surface area contributed by atoms with Gasteiger partial charge in [-0.15, -0.1) is 0 Å². The van der Waals surface area contributed by atoms with Crippen molar-refractivity contribution >= 4 is 29.5 Å². The van der Waals surface area contributed by atoms with E-state index in [4.69, 9.17) is 16.3 Å². The fourth-order valence-electron chi connectivity index (χ4n) is 1.77. The first-order chi connectivity index (χ1) is 10.5. The Morgan fingerprint density at radius 1 is 1.26 bits per heavy atom. The number of hydrogen-bond donors (Lipinski definition) is 2. The zero-order valence-electron chi connectivity index (χ0n) is 13.7. The zero-order valence-corrected chi connectivity index (χ0v) is 14.5. The molecule has 0 aliphatic rings. The van der Waals surface area contributed by atoms with E-state index in [-0.39, 0.29) is 10.7 Å². The second-order valence-corrected chi connectivity index (χ2v) is 6.43. The van der Waals surface area contributed by atoms with Crippen LogP contribution in [-0.2, 0) is 9.53 Å². The third kappa shape index (κ3) is 6.23. The summed E-state index contributed by atoms with van der Waals surface area (Å²) in [6, 6.07) is 1.02. The second kappa shape index (κ2) is 7.41. The number of urea groups is 1. The van der Waals surface area contributed by atoms with E-state index in [9.17, 15) is 14.4 Å². The summed E-state index contributed by atoms with van der Waals surface area (Å²) in [5.41, 5.74) is 0.877. The van der Waals surface area contributed by atoms with Gasteiger partial charge in [-0.05, 0) is 46.2 Å². The number of halogens is 1. The third-order valence-electron chi connectivity index (χ3n) is 2.58. The van der Waals surface area contributed by atoms with Crippen LogP contribution in [0.25, 0.3) is 0 Å². The molecular formula is C15H20ClN3O4. The summed E-state index contributed by atoms with van der Waals surface area (Å²) in [5, 5.41) is 4.63. The zero-order chi connectivity index (χ0) is 17.8. The van der Waals surface area contributed by atoms with Crippen molar-refractivity contribution in [1.82, 2.24) is 15.6 Å². The lowest BCUT2D eigenvalue weighted by Gasteiger charge is -2.20. The van der Waals surface area contributed by atoms with E-state index >= 15 is 0 Å². The van der Waals surface area contributed by atoms with Gasteiger partial charge in [0.05, 0.1) is 5.56 Å². The largest absolute Gasteiger partial charge is 0.452 e. The Labute approximate surface area is 139 Å². The summed E-state index contributed by atoms with van der Waals surface area (Å²) in [6.07, 6.45) is 0. The number of carbonyl (C=O) groups excluding carboxylic acids is 3. The number of amides is 3. The maximum Gasteiger partial charge on any atom is 0.342 e. The van der Waals surface area contributed by atoms with Crippen molar-refractivity contribution in [3.8, 4) is 0 Å². The Morgan fingerprint density at radius 2 is 1.87 bits per heavy atom. The maximum absolute atomic E-state index is 12.0. The van der Waals surface area contributed by atoms with Gasteiger partial charge in [0, 0.05) is 11.2 Å². The van der Waals surface area contributed by atoms with Gasteiger partial charge in [0.2, 0.25) is 0 Å². The van der Waals surface area contributed by atoms with Crippen LogP contribution in [0, 0.1) is 13.8 Å². The molecule has 8 heteroatoms. The SMILES string of the molecule is Cc1cc(C)c(C(=O)OCC(=O)NC(=O)NC(C)(C)C)c(Cl)n1. The molecule has 3 amide bonds. The van der Waals surface area contributed by atoms with E-state index in [1.165, 1.54) is 0 Å². The first kappa shape index (κ1) is 18.9. The minimum Gasteiger partial charge on any atom is -0.452 e. The van der Waals surface area contributed by atoms with Crippen molar-refractivity contribution in [3.63, 3.8) is 0 Å². The summed E-state index contributed by atoms with van der Waals surface area (Å²) >= 11 is 5.93. The van der Waals surface area contributed by atoms with Crippen LogP contribution in [0.5, 0.6) is 0 Å². The van der Waals surface area contributed by atoms with E-state index in [1.54, 1.807) is 40.7 Å². The molecule has 126 valence electrons. The monoisotopic (exact) mass is 341 g/mol. The van der Waals surface area contributed by atoms with Crippen LogP contribution in [0.1, 0.15) is 42.4 Å². The average Bonchev–Trinajstić information content (AvgIpc) is 2.32. The summed E-state index contributed by atoms with van der Waals surface area (Å²) in [5.74, 6) is -1.51. The molecule has 0 aromatic carbocycles. The van der Waals surface area contributed by atoms with Crippen LogP contribution in [0.4, 0.5) is 4.79 Å². The van der Waals surface area contributed by atoms with Crippen LogP contribution in [0.2, 0.25) is 5.15 Å². The number of aromatic nitrogens is 1. The van der Waals surface area contributed by atoms with Gasteiger partial charge in [0.1, 0.15) is 5.15 Å². The van der Waals surface area contributed by atoms with E-state index in [1.807, 2.05) is 0 Å². The van der Waals surface area contributed by atoms with E-state index < -0.39 is 30.1 Å². The highest BCUT2D eigenvalue weighted by Gasteiger charge is 2.20.